The van der Waals surface area contributed by atoms with E-state index in [0.29, 0.717) is 5.56 Å². The molecule has 24 heavy (non-hydrogen) atoms. The Morgan fingerprint density at radius 1 is 1.00 bits per heavy atom. The number of nitrogens with two attached hydrogens (primary N) is 1. The SMILES string of the molecule is NCCCCCC[n+]1ccccc1/C=C/c1ccc(C(=O)O)cc1. The zero-order chi connectivity index (χ0) is 17.2. The van der Waals surface area contributed by atoms with Gasteiger partial charge in [0.15, 0.2) is 6.20 Å². The van der Waals surface area contributed by atoms with E-state index >= 15 is 0 Å². The summed E-state index contributed by atoms with van der Waals surface area (Å²) in [7, 11) is 0. The molecule has 2 aromatic rings. The van der Waals surface area contributed by atoms with Crippen LogP contribution in [0.5, 0.6) is 0 Å². The van der Waals surface area contributed by atoms with Crippen molar-refractivity contribution in [1.82, 2.24) is 0 Å². The van der Waals surface area contributed by atoms with E-state index in [-0.39, 0.29) is 0 Å². The van der Waals surface area contributed by atoms with Crippen LogP contribution in [0.2, 0.25) is 0 Å². The summed E-state index contributed by atoms with van der Waals surface area (Å²) in [6, 6.07) is 13.0. The van der Waals surface area contributed by atoms with Gasteiger partial charge in [-0.2, -0.15) is 4.57 Å². The Bertz CT molecular complexity index is 678. The summed E-state index contributed by atoms with van der Waals surface area (Å²) in [5.41, 5.74) is 7.95. The molecule has 0 aliphatic rings. The van der Waals surface area contributed by atoms with Gasteiger partial charge in [-0.15, -0.1) is 0 Å². The highest BCUT2D eigenvalue weighted by Crippen LogP contribution is 2.09. The number of aromatic nitrogens is 1. The van der Waals surface area contributed by atoms with Gasteiger partial charge in [0, 0.05) is 24.6 Å². The number of carboxylic acid groups (broad SMARTS) is 1. The smallest absolute Gasteiger partial charge is 0.335 e. The highest BCUT2D eigenvalue weighted by molar-refractivity contribution is 5.88. The van der Waals surface area contributed by atoms with Gasteiger partial charge in [0.1, 0.15) is 6.54 Å². The van der Waals surface area contributed by atoms with Crippen molar-refractivity contribution in [3.05, 3.63) is 65.5 Å². The van der Waals surface area contributed by atoms with Crippen LogP contribution < -0.4 is 10.3 Å². The van der Waals surface area contributed by atoms with Gasteiger partial charge in [0.05, 0.1) is 5.56 Å². The average Bonchev–Trinajstić information content (AvgIpc) is 2.61. The molecule has 0 fully saturated rings. The molecule has 0 saturated heterocycles. The van der Waals surface area contributed by atoms with Crippen molar-refractivity contribution in [2.75, 3.05) is 6.54 Å². The lowest BCUT2D eigenvalue weighted by Crippen LogP contribution is -2.36. The standard InChI is InChI=1S/C20H24N2O2/c21-14-4-1-2-5-15-22-16-6-3-7-19(22)13-10-17-8-11-18(12-9-17)20(23)24/h3,6-13,16H,1-2,4-5,14-15,21H2/p+1/b13-10+. The van der Waals surface area contributed by atoms with E-state index in [1.54, 1.807) is 12.1 Å². The van der Waals surface area contributed by atoms with Crippen LogP contribution in [0.4, 0.5) is 0 Å². The first-order valence-electron chi connectivity index (χ1n) is 8.40. The number of aryl methyl sites for hydroxylation is 1. The molecule has 0 bridgehead atoms. The highest BCUT2D eigenvalue weighted by atomic mass is 16.4. The molecule has 0 amide bonds. The zero-order valence-corrected chi connectivity index (χ0v) is 13.9. The van der Waals surface area contributed by atoms with Crippen molar-refractivity contribution in [3.8, 4) is 0 Å². The second-order valence-corrected chi connectivity index (χ2v) is 5.78. The van der Waals surface area contributed by atoms with E-state index in [9.17, 15) is 4.79 Å². The predicted octanol–water partition coefficient (Wildman–Crippen LogP) is 3.36. The second kappa shape index (κ2) is 9.63. The minimum absolute atomic E-state index is 0.305. The summed E-state index contributed by atoms with van der Waals surface area (Å²) >= 11 is 0. The average molecular weight is 325 g/mol. The molecule has 2 rings (SSSR count). The van der Waals surface area contributed by atoms with Crippen LogP contribution in [-0.4, -0.2) is 17.6 Å². The maximum atomic E-state index is 10.9. The maximum absolute atomic E-state index is 10.9. The number of pyridine rings is 1. The number of unbranched alkanes of at least 4 members (excludes halogenated alkanes) is 3. The molecule has 1 aromatic heterocycles. The molecular weight excluding hydrogens is 300 g/mol. The second-order valence-electron chi connectivity index (χ2n) is 5.78. The van der Waals surface area contributed by atoms with Crippen LogP contribution in [0.15, 0.2) is 48.7 Å². The Morgan fingerprint density at radius 2 is 1.75 bits per heavy atom. The minimum atomic E-state index is -0.902. The van der Waals surface area contributed by atoms with Crippen LogP contribution in [0.1, 0.15) is 47.3 Å². The first kappa shape index (κ1) is 17.9. The largest absolute Gasteiger partial charge is 0.478 e. The summed E-state index contributed by atoms with van der Waals surface area (Å²) in [5, 5.41) is 8.93. The Hall–Kier alpha value is -2.46. The van der Waals surface area contributed by atoms with Gasteiger partial charge in [0.2, 0.25) is 5.69 Å². The fourth-order valence-electron chi connectivity index (χ4n) is 2.54. The summed E-state index contributed by atoms with van der Waals surface area (Å²) in [6.45, 7) is 1.76. The van der Waals surface area contributed by atoms with Crippen molar-refractivity contribution in [2.45, 2.75) is 32.2 Å². The number of carbonyl (C=O) groups is 1. The van der Waals surface area contributed by atoms with E-state index in [0.717, 1.165) is 37.2 Å². The third-order valence-corrected chi connectivity index (χ3v) is 3.93. The fraction of sp³-hybridized carbons (Fsp3) is 0.300. The predicted molar refractivity (Wildman–Crippen MR) is 96.5 cm³/mol. The lowest BCUT2D eigenvalue weighted by Gasteiger charge is -2.01. The van der Waals surface area contributed by atoms with E-state index in [2.05, 4.69) is 22.9 Å². The first-order valence-corrected chi connectivity index (χ1v) is 8.40. The molecule has 0 spiro atoms. The van der Waals surface area contributed by atoms with Gasteiger partial charge in [-0.1, -0.05) is 18.6 Å². The highest BCUT2D eigenvalue weighted by Gasteiger charge is 2.06. The molecule has 0 aliphatic carbocycles. The Balaban J connectivity index is 1.99. The van der Waals surface area contributed by atoms with Gasteiger partial charge in [-0.3, -0.25) is 0 Å². The zero-order valence-electron chi connectivity index (χ0n) is 13.9. The lowest BCUT2D eigenvalue weighted by atomic mass is 10.1. The van der Waals surface area contributed by atoms with Gasteiger partial charge in [-0.05, 0) is 49.2 Å². The molecule has 1 aromatic carbocycles. The van der Waals surface area contributed by atoms with E-state index < -0.39 is 5.97 Å². The summed E-state index contributed by atoms with van der Waals surface area (Å²) in [5.74, 6) is -0.902. The van der Waals surface area contributed by atoms with Crippen LogP contribution in [0, 0.1) is 0 Å². The monoisotopic (exact) mass is 325 g/mol. The maximum Gasteiger partial charge on any atom is 0.335 e. The third-order valence-electron chi connectivity index (χ3n) is 3.93. The van der Waals surface area contributed by atoms with Crippen molar-refractivity contribution in [1.29, 1.82) is 0 Å². The van der Waals surface area contributed by atoms with Gasteiger partial charge < -0.3 is 10.8 Å². The summed E-state index contributed by atoms with van der Waals surface area (Å²) < 4.78 is 2.24. The summed E-state index contributed by atoms with van der Waals surface area (Å²) in [6.07, 6.45) is 10.8. The number of carboxylic acids is 1. The van der Waals surface area contributed by atoms with Crippen molar-refractivity contribution in [3.63, 3.8) is 0 Å². The molecule has 4 nitrogen and oxygen atoms in total. The molecule has 0 unspecified atom stereocenters. The van der Waals surface area contributed by atoms with Crippen molar-refractivity contribution >= 4 is 18.1 Å². The van der Waals surface area contributed by atoms with Crippen LogP contribution in [-0.2, 0) is 6.54 Å². The third kappa shape index (κ3) is 5.63. The number of benzene rings is 1. The van der Waals surface area contributed by atoms with Gasteiger partial charge in [-0.25, -0.2) is 4.79 Å². The molecule has 1 heterocycles. The summed E-state index contributed by atoms with van der Waals surface area (Å²) in [4.78, 5) is 10.9. The van der Waals surface area contributed by atoms with Crippen molar-refractivity contribution in [2.24, 2.45) is 5.73 Å². The molecule has 0 aliphatic heterocycles. The molecule has 4 heteroatoms. The molecular formula is C20H25N2O2+. The Kier molecular flexibility index (Phi) is 7.18. The Labute approximate surface area is 143 Å². The van der Waals surface area contributed by atoms with E-state index in [1.807, 2.05) is 30.3 Å². The van der Waals surface area contributed by atoms with Crippen molar-refractivity contribution < 1.29 is 14.5 Å². The quantitative estimate of drug-likeness (QED) is 0.549. The van der Waals surface area contributed by atoms with Gasteiger partial charge >= 0.3 is 5.97 Å². The topological polar surface area (TPSA) is 67.2 Å². The number of rotatable bonds is 9. The van der Waals surface area contributed by atoms with E-state index in [4.69, 9.17) is 10.8 Å². The molecule has 0 radical (unpaired) electrons. The minimum Gasteiger partial charge on any atom is -0.478 e. The number of hydrogen-bond acceptors (Lipinski definition) is 2. The number of hydrogen-bond donors (Lipinski definition) is 2. The van der Waals surface area contributed by atoms with Crippen LogP contribution in [0.25, 0.3) is 12.2 Å². The van der Waals surface area contributed by atoms with E-state index in [1.165, 1.54) is 12.8 Å². The first-order chi connectivity index (χ1) is 11.7. The number of nitrogens with zero attached hydrogens (tertiary/aromatic N) is 1. The normalized spacial score (nSPS) is 11.0. The molecule has 3 N–H and O–H groups in total. The molecule has 126 valence electrons. The fourth-order valence-corrected chi connectivity index (χ4v) is 2.54. The van der Waals surface area contributed by atoms with Crippen LogP contribution in [0.3, 0.4) is 0 Å². The van der Waals surface area contributed by atoms with Crippen LogP contribution >= 0.6 is 0 Å². The number of aromatic carboxylic acids is 1. The lowest BCUT2D eigenvalue weighted by molar-refractivity contribution is -0.699. The molecule has 0 saturated carbocycles. The Morgan fingerprint density at radius 3 is 2.46 bits per heavy atom. The molecule has 0 atom stereocenters. The van der Waals surface area contributed by atoms with Gasteiger partial charge in [0.25, 0.3) is 0 Å².